The molecule has 1 fully saturated rings. The number of thiophene rings is 1. The molecule has 0 aliphatic carbocycles. The van der Waals surface area contributed by atoms with Crippen molar-refractivity contribution in [3.8, 4) is 0 Å². The molecule has 2 heterocycles. The highest BCUT2D eigenvalue weighted by atomic mass is 32.1. The van der Waals surface area contributed by atoms with Crippen molar-refractivity contribution < 1.29 is 13.7 Å². The van der Waals surface area contributed by atoms with Crippen molar-refractivity contribution in [3.05, 3.63) is 29.4 Å². The van der Waals surface area contributed by atoms with Crippen LogP contribution < -0.4 is 5.46 Å². The van der Waals surface area contributed by atoms with E-state index in [2.05, 4.69) is 0 Å². The quantitative estimate of drug-likeness (QED) is 0.745. The Bertz CT molecular complexity index is 619. The van der Waals surface area contributed by atoms with Gasteiger partial charge in [0.1, 0.15) is 0 Å². The van der Waals surface area contributed by atoms with Crippen molar-refractivity contribution >= 4 is 34.0 Å². The fourth-order valence-electron chi connectivity index (χ4n) is 2.16. The average Bonchev–Trinajstić information content (AvgIpc) is 2.74. The van der Waals surface area contributed by atoms with E-state index in [4.69, 9.17) is 9.31 Å². The number of halogens is 1. The van der Waals surface area contributed by atoms with Crippen LogP contribution in [0.25, 0.3) is 10.1 Å². The lowest BCUT2D eigenvalue weighted by Crippen LogP contribution is -2.41. The predicted molar refractivity (Wildman–Crippen MR) is 77.5 cm³/mol. The van der Waals surface area contributed by atoms with Crippen molar-refractivity contribution in [2.45, 2.75) is 38.9 Å². The second-order valence-electron chi connectivity index (χ2n) is 5.94. The molecule has 1 aromatic heterocycles. The van der Waals surface area contributed by atoms with Gasteiger partial charge in [0.25, 0.3) is 0 Å². The molecular weight excluding hydrogens is 262 g/mol. The molecule has 5 heteroatoms. The molecule has 2 aromatic rings. The van der Waals surface area contributed by atoms with Crippen molar-refractivity contribution in [1.82, 2.24) is 0 Å². The summed E-state index contributed by atoms with van der Waals surface area (Å²) in [7, 11) is -0.391. The molecule has 100 valence electrons. The largest absolute Gasteiger partial charge is 0.494 e. The van der Waals surface area contributed by atoms with Crippen LogP contribution in [-0.4, -0.2) is 18.3 Å². The van der Waals surface area contributed by atoms with Gasteiger partial charge < -0.3 is 9.31 Å². The molecule has 0 spiro atoms. The van der Waals surface area contributed by atoms with Gasteiger partial charge in [0.2, 0.25) is 0 Å². The van der Waals surface area contributed by atoms with Gasteiger partial charge in [0.05, 0.1) is 11.2 Å². The molecule has 0 bridgehead atoms. The van der Waals surface area contributed by atoms with Crippen LogP contribution >= 0.6 is 11.3 Å². The smallest absolute Gasteiger partial charge is 0.399 e. The number of rotatable bonds is 1. The minimum Gasteiger partial charge on any atom is -0.399 e. The second kappa shape index (κ2) is 4.04. The third kappa shape index (κ3) is 2.10. The standard InChI is InChI=1S/C14H16BFO2S/c1-13(2)14(3,4)18-15(17-13)10-5-6-11-9(7-10)8-12(16)19-11/h5-8H,1-4H3. The number of hydrogen-bond acceptors (Lipinski definition) is 3. The normalized spacial score (nSPS) is 21.2. The summed E-state index contributed by atoms with van der Waals surface area (Å²) in [6.45, 7) is 8.09. The van der Waals surface area contributed by atoms with Crippen molar-refractivity contribution in [3.63, 3.8) is 0 Å². The highest BCUT2D eigenvalue weighted by molar-refractivity contribution is 7.17. The number of benzene rings is 1. The first kappa shape index (κ1) is 13.1. The molecule has 0 amide bonds. The van der Waals surface area contributed by atoms with E-state index in [0.29, 0.717) is 0 Å². The summed E-state index contributed by atoms with van der Waals surface area (Å²) in [5.41, 5.74) is 0.225. The van der Waals surface area contributed by atoms with Gasteiger partial charge >= 0.3 is 7.12 Å². The molecule has 19 heavy (non-hydrogen) atoms. The van der Waals surface area contributed by atoms with Gasteiger partial charge in [0, 0.05) is 4.70 Å². The Morgan fingerprint density at radius 3 is 2.32 bits per heavy atom. The molecule has 1 aliphatic rings. The monoisotopic (exact) mass is 278 g/mol. The molecule has 1 saturated heterocycles. The van der Waals surface area contributed by atoms with Crippen LogP contribution in [0, 0.1) is 5.13 Å². The minimum absolute atomic E-state index is 0.166. The maximum absolute atomic E-state index is 13.2. The van der Waals surface area contributed by atoms with Crippen molar-refractivity contribution in [2.75, 3.05) is 0 Å². The summed E-state index contributed by atoms with van der Waals surface area (Å²) in [5.74, 6) is 0. The number of fused-ring (bicyclic) bond motifs is 1. The average molecular weight is 278 g/mol. The lowest BCUT2D eigenvalue weighted by molar-refractivity contribution is 0.00578. The highest BCUT2D eigenvalue weighted by Gasteiger charge is 2.51. The maximum atomic E-state index is 13.2. The zero-order valence-corrected chi connectivity index (χ0v) is 12.3. The van der Waals surface area contributed by atoms with Gasteiger partial charge in [-0.2, -0.15) is 4.39 Å². The minimum atomic E-state index is -0.391. The Labute approximate surface area is 116 Å². The summed E-state index contributed by atoms with van der Waals surface area (Å²) >= 11 is 1.15. The van der Waals surface area contributed by atoms with E-state index in [1.165, 1.54) is 0 Å². The first-order valence-corrected chi connectivity index (χ1v) is 7.15. The van der Waals surface area contributed by atoms with Gasteiger partial charge in [-0.15, -0.1) is 11.3 Å². The van der Waals surface area contributed by atoms with E-state index in [1.54, 1.807) is 6.07 Å². The Hall–Kier alpha value is -0.905. The van der Waals surface area contributed by atoms with Crippen LogP contribution in [0.15, 0.2) is 24.3 Å². The summed E-state index contributed by atoms with van der Waals surface area (Å²) in [5, 5.41) is 0.732. The van der Waals surface area contributed by atoms with Crippen LogP contribution in [0.3, 0.4) is 0 Å². The Morgan fingerprint density at radius 2 is 1.68 bits per heavy atom. The third-order valence-electron chi connectivity index (χ3n) is 4.04. The fourth-order valence-corrected chi connectivity index (χ4v) is 2.92. The summed E-state index contributed by atoms with van der Waals surface area (Å²) in [6, 6.07) is 7.36. The van der Waals surface area contributed by atoms with Gasteiger partial charge in [-0.05, 0) is 50.7 Å². The molecule has 2 nitrogen and oxygen atoms in total. The molecule has 1 aromatic carbocycles. The first-order valence-electron chi connectivity index (χ1n) is 6.33. The van der Waals surface area contributed by atoms with Gasteiger partial charge in [-0.1, -0.05) is 12.1 Å². The molecule has 0 radical (unpaired) electrons. The van der Waals surface area contributed by atoms with Gasteiger partial charge in [-0.25, -0.2) is 0 Å². The van der Waals surface area contributed by atoms with Crippen molar-refractivity contribution in [1.29, 1.82) is 0 Å². The summed E-state index contributed by atoms with van der Waals surface area (Å²) in [4.78, 5) is 0. The topological polar surface area (TPSA) is 18.5 Å². The fraction of sp³-hybridized carbons (Fsp3) is 0.429. The predicted octanol–water partition coefficient (Wildman–Crippen LogP) is 3.34. The zero-order chi connectivity index (χ0) is 13.8. The Morgan fingerprint density at radius 1 is 1.05 bits per heavy atom. The molecule has 0 N–H and O–H groups in total. The van der Waals surface area contributed by atoms with Gasteiger partial charge in [0.15, 0.2) is 5.13 Å². The van der Waals surface area contributed by atoms with Crippen LogP contribution in [0.4, 0.5) is 4.39 Å². The summed E-state index contributed by atoms with van der Waals surface area (Å²) < 4.78 is 26.2. The Balaban J connectivity index is 1.97. The lowest BCUT2D eigenvalue weighted by Gasteiger charge is -2.32. The van der Waals surface area contributed by atoms with Crippen LogP contribution in [-0.2, 0) is 9.31 Å². The van der Waals surface area contributed by atoms with Crippen LogP contribution in [0.1, 0.15) is 27.7 Å². The second-order valence-corrected chi connectivity index (χ2v) is 6.97. The van der Waals surface area contributed by atoms with E-state index < -0.39 is 7.12 Å². The van der Waals surface area contributed by atoms with Gasteiger partial charge in [-0.3, -0.25) is 0 Å². The van der Waals surface area contributed by atoms with E-state index in [9.17, 15) is 4.39 Å². The molecule has 0 atom stereocenters. The van der Waals surface area contributed by atoms with E-state index >= 15 is 0 Å². The number of hydrogen-bond donors (Lipinski definition) is 0. The highest BCUT2D eigenvalue weighted by Crippen LogP contribution is 2.36. The molecular formula is C14H16BFO2S. The first-order chi connectivity index (χ1) is 8.78. The molecule has 3 rings (SSSR count). The molecule has 0 saturated carbocycles. The maximum Gasteiger partial charge on any atom is 0.494 e. The zero-order valence-electron chi connectivity index (χ0n) is 11.5. The van der Waals surface area contributed by atoms with Crippen LogP contribution in [0.2, 0.25) is 0 Å². The van der Waals surface area contributed by atoms with Crippen molar-refractivity contribution in [2.24, 2.45) is 0 Å². The SMILES string of the molecule is CC1(C)OB(c2ccc3sc(F)cc3c2)OC1(C)C. The van der Waals surface area contributed by atoms with E-state index in [1.807, 2.05) is 45.9 Å². The van der Waals surface area contributed by atoms with E-state index in [0.717, 1.165) is 26.9 Å². The lowest BCUT2D eigenvalue weighted by atomic mass is 9.79. The summed E-state index contributed by atoms with van der Waals surface area (Å²) in [6.07, 6.45) is 0. The Kier molecular flexibility index (Phi) is 2.79. The van der Waals surface area contributed by atoms with E-state index in [-0.39, 0.29) is 16.3 Å². The van der Waals surface area contributed by atoms with Crippen LogP contribution in [0.5, 0.6) is 0 Å². The molecule has 0 unspecified atom stereocenters. The molecule has 1 aliphatic heterocycles. The third-order valence-corrected chi connectivity index (χ3v) is 4.94.